The van der Waals surface area contributed by atoms with Gasteiger partial charge in [0.15, 0.2) is 0 Å². The molecule has 12 heavy (non-hydrogen) atoms. The third-order valence-electron chi connectivity index (χ3n) is 1.14. The van der Waals surface area contributed by atoms with Gasteiger partial charge in [-0.3, -0.25) is 0 Å². The van der Waals surface area contributed by atoms with E-state index in [0.29, 0.717) is 0 Å². The van der Waals surface area contributed by atoms with E-state index in [9.17, 15) is 13.2 Å². The summed E-state index contributed by atoms with van der Waals surface area (Å²) < 4.78 is 35.8. The summed E-state index contributed by atoms with van der Waals surface area (Å²) >= 11 is 0. The molecule has 0 radical (unpaired) electrons. The zero-order chi connectivity index (χ0) is 9.28. The van der Waals surface area contributed by atoms with Gasteiger partial charge in [-0.25, -0.2) is 0 Å². The standard InChI is InChI=1S/C7H14F3N.CH4/c1-5(7(8,9)10)11-6(2,3)4;/h5,11H,1-4H3;1H4/t5-;/m0./s1. The topological polar surface area (TPSA) is 12.0 Å². The molecule has 0 fully saturated rings. The van der Waals surface area contributed by atoms with E-state index < -0.39 is 17.8 Å². The molecule has 0 unspecified atom stereocenters. The predicted molar refractivity (Wildman–Crippen MR) is 45.1 cm³/mol. The second-order valence-electron chi connectivity index (χ2n) is 3.66. The van der Waals surface area contributed by atoms with Crippen molar-refractivity contribution in [3.05, 3.63) is 0 Å². The number of hydrogen-bond donors (Lipinski definition) is 1. The highest BCUT2D eigenvalue weighted by Gasteiger charge is 2.37. The van der Waals surface area contributed by atoms with Crippen LogP contribution in [0, 0.1) is 0 Å². The Balaban J connectivity index is 0. The van der Waals surface area contributed by atoms with E-state index in [1.165, 1.54) is 0 Å². The zero-order valence-electron chi connectivity index (χ0n) is 7.21. The fourth-order valence-corrected chi connectivity index (χ4v) is 0.731. The van der Waals surface area contributed by atoms with Crippen LogP contribution in [-0.2, 0) is 0 Å². The Morgan fingerprint density at radius 2 is 1.42 bits per heavy atom. The van der Waals surface area contributed by atoms with Gasteiger partial charge in [0.1, 0.15) is 6.04 Å². The molecule has 0 amide bonds. The van der Waals surface area contributed by atoms with Crippen molar-refractivity contribution in [2.75, 3.05) is 0 Å². The summed E-state index contributed by atoms with van der Waals surface area (Å²) in [5, 5.41) is 2.43. The van der Waals surface area contributed by atoms with Crippen LogP contribution in [0.1, 0.15) is 35.1 Å². The summed E-state index contributed by atoms with van der Waals surface area (Å²) in [5.41, 5.74) is -0.491. The van der Waals surface area contributed by atoms with E-state index in [4.69, 9.17) is 0 Å². The molecule has 0 aliphatic heterocycles. The van der Waals surface area contributed by atoms with Crippen LogP contribution in [0.25, 0.3) is 0 Å². The summed E-state index contributed by atoms with van der Waals surface area (Å²) in [6.07, 6.45) is -4.15. The predicted octanol–water partition coefficient (Wildman–Crippen LogP) is 2.96. The first kappa shape index (κ1) is 14.3. The molecule has 0 saturated carbocycles. The molecule has 0 aromatic rings. The third-order valence-corrected chi connectivity index (χ3v) is 1.14. The van der Waals surface area contributed by atoms with Gasteiger partial charge in [-0.2, -0.15) is 13.2 Å². The lowest BCUT2D eigenvalue weighted by Crippen LogP contribution is -2.49. The normalized spacial score (nSPS) is 15.2. The summed E-state index contributed by atoms with van der Waals surface area (Å²) in [4.78, 5) is 0. The third kappa shape index (κ3) is 6.46. The van der Waals surface area contributed by atoms with Crippen molar-refractivity contribution >= 4 is 0 Å². The van der Waals surface area contributed by atoms with Crippen LogP contribution in [0.3, 0.4) is 0 Å². The maximum Gasteiger partial charge on any atom is 0.403 e. The average Bonchev–Trinajstić information content (AvgIpc) is 1.56. The molecular formula is C8H18F3N. The highest BCUT2D eigenvalue weighted by Crippen LogP contribution is 2.21. The SMILES string of the molecule is C.C[C@H](NC(C)(C)C)C(F)(F)F. The molecule has 76 valence electrons. The molecule has 1 nitrogen and oxygen atoms in total. The minimum atomic E-state index is -4.15. The van der Waals surface area contributed by atoms with Crippen LogP contribution in [-0.4, -0.2) is 17.8 Å². The van der Waals surface area contributed by atoms with Gasteiger partial charge in [-0.05, 0) is 27.7 Å². The molecule has 0 aliphatic rings. The second kappa shape index (κ2) is 4.12. The van der Waals surface area contributed by atoms with Gasteiger partial charge >= 0.3 is 6.18 Å². The average molecular weight is 185 g/mol. The van der Waals surface area contributed by atoms with E-state index in [1.807, 2.05) is 0 Å². The summed E-state index contributed by atoms with van der Waals surface area (Å²) in [5.74, 6) is 0. The van der Waals surface area contributed by atoms with E-state index >= 15 is 0 Å². The van der Waals surface area contributed by atoms with E-state index in [1.54, 1.807) is 20.8 Å². The van der Waals surface area contributed by atoms with Gasteiger partial charge < -0.3 is 5.32 Å². The fourth-order valence-electron chi connectivity index (χ4n) is 0.731. The van der Waals surface area contributed by atoms with Crippen molar-refractivity contribution in [1.29, 1.82) is 0 Å². The van der Waals surface area contributed by atoms with Crippen LogP contribution in [0.5, 0.6) is 0 Å². The smallest absolute Gasteiger partial charge is 0.302 e. The van der Waals surface area contributed by atoms with Crippen LogP contribution < -0.4 is 5.32 Å². The fraction of sp³-hybridized carbons (Fsp3) is 1.00. The second-order valence-corrected chi connectivity index (χ2v) is 3.66. The Hall–Kier alpha value is -0.250. The number of rotatable bonds is 1. The van der Waals surface area contributed by atoms with Gasteiger partial charge in [0, 0.05) is 5.54 Å². The Kier molecular flexibility index (Phi) is 4.90. The summed E-state index contributed by atoms with van der Waals surface area (Å²) in [6, 6.07) is -1.44. The molecule has 1 N–H and O–H groups in total. The maximum atomic E-state index is 11.9. The van der Waals surface area contributed by atoms with Crippen molar-refractivity contribution in [3.63, 3.8) is 0 Å². The number of nitrogens with one attached hydrogen (secondary N) is 1. The molecule has 0 saturated heterocycles. The van der Waals surface area contributed by atoms with Crippen molar-refractivity contribution in [2.45, 2.75) is 52.9 Å². The van der Waals surface area contributed by atoms with Crippen LogP contribution in [0.4, 0.5) is 13.2 Å². The zero-order valence-corrected chi connectivity index (χ0v) is 7.21. The Labute approximate surface area is 72.3 Å². The van der Waals surface area contributed by atoms with E-state index in [0.717, 1.165) is 6.92 Å². The molecular weight excluding hydrogens is 167 g/mol. The molecule has 0 rings (SSSR count). The van der Waals surface area contributed by atoms with Gasteiger partial charge in [0.2, 0.25) is 0 Å². The lowest BCUT2D eigenvalue weighted by atomic mass is 10.1. The highest BCUT2D eigenvalue weighted by molar-refractivity contribution is 4.79. The van der Waals surface area contributed by atoms with Gasteiger partial charge in [-0.1, -0.05) is 7.43 Å². The first-order chi connectivity index (χ1) is 4.63. The Morgan fingerprint density at radius 3 is 1.50 bits per heavy atom. The maximum absolute atomic E-state index is 11.9. The quantitative estimate of drug-likeness (QED) is 0.662. The van der Waals surface area contributed by atoms with E-state index in [2.05, 4.69) is 5.32 Å². The van der Waals surface area contributed by atoms with Gasteiger partial charge in [-0.15, -0.1) is 0 Å². The van der Waals surface area contributed by atoms with Crippen molar-refractivity contribution < 1.29 is 13.2 Å². The molecule has 1 atom stereocenters. The van der Waals surface area contributed by atoms with E-state index in [-0.39, 0.29) is 7.43 Å². The molecule has 0 heterocycles. The largest absolute Gasteiger partial charge is 0.403 e. The number of halogens is 3. The van der Waals surface area contributed by atoms with Crippen molar-refractivity contribution in [2.24, 2.45) is 0 Å². The Bertz CT molecular complexity index is 123. The Morgan fingerprint density at radius 1 is 1.08 bits per heavy atom. The molecule has 0 aliphatic carbocycles. The first-order valence-electron chi connectivity index (χ1n) is 3.47. The van der Waals surface area contributed by atoms with Gasteiger partial charge in [0.05, 0.1) is 0 Å². The molecule has 0 aromatic carbocycles. The summed E-state index contributed by atoms with van der Waals surface area (Å²) in [6.45, 7) is 6.23. The molecule has 0 bridgehead atoms. The molecule has 4 heteroatoms. The monoisotopic (exact) mass is 185 g/mol. The minimum Gasteiger partial charge on any atom is -0.302 e. The molecule has 0 spiro atoms. The van der Waals surface area contributed by atoms with Crippen molar-refractivity contribution in [1.82, 2.24) is 5.32 Å². The van der Waals surface area contributed by atoms with Crippen LogP contribution in [0.2, 0.25) is 0 Å². The lowest BCUT2D eigenvalue weighted by molar-refractivity contribution is -0.155. The summed E-state index contributed by atoms with van der Waals surface area (Å²) in [7, 11) is 0. The van der Waals surface area contributed by atoms with Crippen LogP contribution in [0.15, 0.2) is 0 Å². The van der Waals surface area contributed by atoms with Crippen LogP contribution >= 0.6 is 0 Å². The van der Waals surface area contributed by atoms with Crippen molar-refractivity contribution in [3.8, 4) is 0 Å². The number of alkyl halides is 3. The highest BCUT2D eigenvalue weighted by atomic mass is 19.4. The molecule has 0 aromatic heterocycles. The number of hydrogen-bond acceptors (Lipinski definition) is 1. The lowest BCUT2D eigenvalue weighted by Gasteiger charge is -2.27. The first-order valence-corrected chi connectivity index (χ1v) is 3.47. The van der Waals surface area contributed by atoms with Gasteiger partial charge in [0.25, 0.3) is 0 Å². The minimum absolute atomic E-state index is 0.